The number of allylic oxidation sites excluding steroid dienone is 1. The molecular weight excluding hydrogens is 434 g/mol. The summed E-state index contributed by atoms with van der Waals surface area (Å²) >= 11 is 0. The van der Waals surface area contributed by atoms with E-state index in [9.17, 15) is 24.9 Å². The summed E-state index contributed by atoms with van der Waals surface area (Å²) in [7, 11) is 0. The van der Waals surface area contributed by atoms with E-state index in [1.54, 1.807) is 42.5 Å². The van der Waals surface area contributed by atoms with Crippen molar-refractivity contribution in [3.8, 4) is 17.6 Å². The highest BCUT2D eigenvalue weighted by Gasteiger charge is 2.26. The minimum Gasteiger partial charge on any atom is -0.507 e. The number of ether oxygens (including phenoxy) is 1. The first-order chi connectivity index (χ1) is 16.4. The molecule has 2 aromatic rings. The number of cyclic esters (lactones) is 1. The smallest absolute Gasteiger partial charge is 0.342 e. The van der Waals surface area contributed by atoms with Gasteiger partial charge in [-0.3, -0.25) is 4.79 Å². The van der Waals surface area contributed by atoms with Crippen LogP contribution in [0.3, 0.4) is 0 Å². The van der Waals surface area contributed by atoms with Crippen LogP contribution >= 0.6 is 0 Å². The molecule has 0 saturated carbocycles. The van der Waals surface area contributed by atoms with Crippen molar-refractivity contribution in [2.75, 3.05) is 0 Å². The summed E-state index contributed by atoms with van der Waals surface area (Å²) in [6.45, 7) is 0. The van der Waals surface area contributed by atoms with E-state index in [-0.39, 0.29) is 30.6 Å². The number of phenolic OH excluding ortho intramolecular Hbond substituents is 1. The van der Waals surface area contributed by atoms with E-state index in [2.05, 4.69) is 17.2 Å². The highest BCUT2D eigenvalue weighted by Crippen LogP contribution is 2.25. The normalized spacial score (nSPS) is 21.7. The van der Waals surface area contributed by atoms with E-state index in [0.29, 0.717) is 17.5 Å². The number of aliphatic hydroxyl groups is 2. The van der Waals surface area contributed by atoms with Gasteiger partial charge in [0, 0.05) is 30.5 Å². The number of rotatable bonds is 3. The van der Waals surface area contributed by atoms with Gasteiger partial charge in [-0.15, -0.1) is 0 Å². The van der Waals surface area contributed by atoms with Crippen LogP contribution in [0.25, 0.3) is 0 Å². The van der Waals surface area contributed by atoms with E-state index in [0.717, 1.165) is 0 Å². The largest absolute Gasteiger partial charge is 0.507 e. The molecule has 0 radical (unpaired) electrons. The van der Waals surface area contributed by atoms with Gasteiger partial charge >= 0.3 is 5.97 Å². The number of aromatic hydroxyl groups is 1. The van der Waals surface area contributed by atoms with Gasteiger partial charge in [0.2, 0.25) is 0 Å². The number of carbonyl (C=O) groups excluding carboxylic acids is 2. The van der Waals surface area contributed by atoms with E-state index < -0.39 is 30.2 Å². The lowest BCUT2D eigenvalue weighted by Crippen LogP contribution is -2.32. The van der Waals surface area contributed by atoms with Crippen molar-refractivity contribution >= 4 is 11.9 Å². The Kier molecular flexibility index (Phi) is 9.04. The van der Waals surface area contributed by atoms with Crippen molar-refractivity contribution in [1.82, 2.24) is 5.32 Å². The summed E-state index contributed by atoms with van der Waals surface area (Å²) < 4.78 is 5.58. The number of phenols is 1. The zero-order valence-electron chi connectivity index (χ0n) is 18.6. The number of fused-ring (bicyclic) bond motifs is 1. The second kappa shape index (κ2) is 12.4. The van der Waals surface area contributed by atoms with Crippen LogP contribution in [-0.4, -0.2) is 45.5 Å². The third-order valence-electron chi connectivity index (χ3n) is 5.26. The fourth-order valence-electron chi connectivity index (χ4n) is 3.47. The molecule has 34 heavy (non-hydrogen) atoms. The van der Waals surface area contributed by atoms with Gasteiger partial charge in [-0.2, -0.15) is 0 Å². The molecule has 3 rings (SSSR count). The van der Waals surface area contributed by atoms with Crippen LogP contribution in [0.5, 0.6) is 5.75 Å². The lowest BCUT2D eigenvalue weighted by molar-refractivity contribution is -0.114. The van der Waals surface area contributed by atoms with Gasteiger partial charge in [-0.05, 0) is 36.6 Å². The molecule has 0 saturated heterocycles. The Bertz CT molecular complexity index is 1110. The van der Waals surface area contributed by atoms with Crippen LogP contribution < -0.4 is 5.32 Å². The number of hydrogen-bond acceptors (Lipinski definition) is 6. The maximum Gasteiger partial charge on any atom is 0.342 e. The minimum atomic E-state index is -1.12. The minimum absolute atomic E-state index is 0.0181. The summed E-state index contributed by atoms with van der Waals surface area (Å²) in [5.41, 5.74) is 1.38. The van der Waals surface area contributed by atoms with Crippen LogP contribution in [0.1, 0.15) is 40.7 Å². The van der Waals surface area contributed by atoms with E-state index in [4.69, 9.17) is 4.74 Å². The molecule has 176 valence electrons. The quantitative estimate of drug-likeness (QED) is 0.317. The zero-order valence-corrected chi connectivity index (χ0v) is 18.6. The summed E-state index contributed by atoms with van der Waals surface area (Å²) in [4.78, 5) is 24.8. The molecule has 0 bridgehead atoms. The summed E-state index contributed by atoms with van der Waals surface area (Å²) in [5, 5.41) is 33.3. The average molecular weight is 462 g/mol. The monoisotopic (exact) mass is 461 g/mol. The molecule has 1 aliphatic rings. The van der Waals surface area contributed by atoms with Crippen LogP contribution in [0.2, 0.25) is 0 Å². The van der Waals surface area contributed by atoms with Crippen molar-refractivity contribution in [3.05, 3.63) is 89.6 Å². The number of esters is 1. The van der Waals surface area contributed by atoms with Crippen molar-refractivity contribution in [3.63, 3.8) is 0 Å². The van der Waals surface area contributed by atoms with E-state index in [1.165, 1.54) is 12.3 Å². The molecule has 1 aliphatic heterocycles. The molecule has 0 aliphatic carbocycles. The molecule has 1 amide bonds. The second-order valence-electron chi connectivity index (χ2n) is 7.85. The van der Waals surface area contributed by atoms with Gasteiger partial charge in [0.1, 0.15) is 17.4 Å². The van der Waals surface area contributed by atoms with Crippen LogP contribution in [0, 0.1) is 11.8 Å². The Morgan fingerprint density at radius 3 is 2.68 bits per heavy atom. The molecule has 3 atom stereocenters. The van der Waals surface area contributed by atoms with Gasteiger partial charge in [-0.25, -0.2) is 4.79 Å². The van der Waals surface area contributed by atoms with Crippen LogP contribution in [-0.2, 0) is 16.0 Å². The molecule has 4 N–H and O–H groups in total. The van der Waals surface area contributed by atoms with E-state index in [1.807, 2.05) is 18.2 Å². The van der Waals surface area contributed by atoms with Gasteiger partial charge < -0.3 is 25.4 Å². The van der Waals surface area contributed by atoms with Crippen LogP contribution in [0.15, 0.2) is 73.0 Å². The fraction of sp³-hybridized carbons (Fsp3) is 0.259. The third kappa shape index (κ3) is 7.34. The predicted molar refractivity (Wildman–Crippen MR) is 127 cm³/mol. The Morgan fingerprint density at radius 2 is 1.88 bits per heavy atom. The number of nitrogens with one attached hydrogen (secondary N) is 1. The highest BCUT2D eigenvalue weighted by atomic mass is 16.5. The molecule has 7 heteroatoms. The standard InChI is InChI=1S/C27H27NO6/c29-22-13-5-4-10-20-11-6-14-23(30)26(20)27(33)34-21(18-24(22)31)12-7-17-28-25(32)16-15-19-8-2-1-3-9-19/h1-9,11,14,17,21-22,24,29-31H,10,12-13,18H2,(H,28,32)/b5-4+,17-7+/t21-,22-,24+/m0/s1. The second-order valence-corrected chi connectivity index (χ2v) is 7.85. The molecule has 0 unspecified atom stereocenters. The first-order valence-corrected chi connectivity index (χ1v) is 11.0. The fourth-order valence-corrected chi connectivity index (χ4v) is 3.47. The first-order valence-electron chi connectivity index (χ1n) is 11.0. The first kappa shape index (κ1) is 24.8. The molecule has 2 aromatic carbocycles. The molecule has 7 nitrogen and oxygen atoms in total. The molecule has 0 spiro atoms. The number of amides is 1. The molecule has 1 heterocycles. The van der Waals surface area contributed by atoms with Crippen molar-refractivity contribution in [1.29, 1.82) is 0 Å². The third-order valence-corrected chi connectivity index (χ3v) is 5.26. The Hall–Kier alpha value is -3.86. The molecular formula is C27H27NO6. The Morgan fingerprint density at radius 1 is 1.09 bits per heavy atom. The predicted octanol–water partition coefficient (Wildman–Crippen LogP) is 2.60. The Labute approximate surface area is 198 Å². The molecule has 0 aromatic heterocycles. The summed E-state index contributed by atoms with van der Waals surface area (Å²) in [6, 6.07) is 13.9. The maximum absolute atomic E-state index is 12.8. The number of carbonyl (C=O) groups is 2. The number of hydrogen-bond donors (Lipinski definition) is 4. The summed E-state index contributed by atoms with van der Waals surface area (Å²) in [5.74, 6) is 3.81. The maximum atomic E-state index is 12.8. The lowest BCUT2D eigenvalue weighted by atomic mass is 9.99. The number of aliphatic hydroxyl groups excluding tert-OH is 2. The summed E-state index contributed by atoms with van der Waals surface area (Å²) in [6.07, 6.45) is 4.29. The van der Waals surface area contributed by atoms with Gasteiger partial charge in [0.25, 0.3) is 5.91 Å². The number of benzene rings is 2. The average Bonchev–Trinajstić information content (AvgIpc) is 2.82. The van der Waals surface area contributed by atoms with Crippen molar-refractivity contribution in [2.24, 2.45) is 0 Å². The van der Waals surface area contributed by atoms with Gasteiger partial charge in [-0.1, -0.05) is 54.5 Å². The highest BCUT2D eigenvalue weighted by molar-refractivity contribution is 5.95. The van der Waals surface area contributed by atoms with Crippen LogP contribution in [0.4, 0.5) is 0 Å². The lowest BCUT2D eigenvalue weighted by Gasteiger charge is -2.24. The topological polar surface area (TPSA) is 116 Å². The van der Waals surface area contributed by atoms with Gasteiger partial charge in [0.05, 0.1) is 12.2 Å². The van der Waals surface area contributed by atoms with E-state index >= 15 is 0 Å². The molecule has 0 fully saturated rings. The Balaban J connectivity index is 1.68. The zero-order chi connectivity index (χ0) is 24.3. The van der Waals surface area contributed by atoms with Gasteiger partial charge in [0.15, 0.2) is 0 Å². The van der Waals surface area contributed by atoms with Crippen molar-refractivity contribution < 1.29 is 29.6 Å². The van der Waals surface area contributed by atoms with Crippen molar-refractivity contribution in [2.45, 2.75) is 44.0 Å². The SMILES string of the molecule is O=C(C#Cc1ccccc1)N/C=C/C[C@H]1C[C@@H](O)[C@@H](O)C/C=C/Cc2cccc(O)c2C(=O)O1.